The summed E-state index contributed by atoms with van der Waals surface area (Å²) in [7, 11) is 1.43. The van der Waals surface area contributed by atoms with E-state index in [9.17, 15) is 19.2 Å². The average molecular weight is 699 g/mol. The van der Waals surface area contributed by atoms with E-state index in [1.54, 1.807) is 6.92 Å². The first-order valence-corrected chi connectivity index (χ1v) is 17.8. The van der Waals surface area contributed by atoms with Crippen molar-refractivity contribution >= 4 is 23.5 Å². The summed E-state index contributed by atoms with van der Waals surface area (Å²) in [5.41, 5.74) is 3.04. The number of carbonyl (C=O) groups excluding carboxylic acids is 4. The van der Waals surface area contributed by atoms with Gasteiger partial charge in [0.15, 0.2) is 5.78 Å². The lowest BCUT2D eigenvalue weighted by Gasteiger charge is -2.26. The molecular weight excluding hydrogens is 648 g/mol. The predicted octanol–water partition coefficient (Wildman–Crippen LogP) is 2.79. The van der Waals surface area contributed by atoms with Crippen molar-refractivity contribution < 1.29 is 33.4 Å². The van der Waals surface area contributed by atoms with Crippen LogP contribution >= 0.6 is 0 Å². The van der Waals surface area contributed by atoms with Crippen LogP contribution in [0.25, 0.3) is 0 Å². The zero-order valence-electron chi connectivity index (χ0n) is 29.6. The van der Waals surface area contributed by atoms with Gasteiger partial charge in [-0.3, -0.25) is 24.1 Å². The van der Waals surface area contributed by atoms with Crippen LogP contribution in [0.3, 0.4) is 0 Å². The van der Waals surface area contributed by atoms with Crippen molar-refractivity contribution in [2.24, 2.45) is 0 Å². The van der Waals surface area contributed by atoms with Crippen molar-refractivity contribution in [1.82, 2.24) is 20.9 Å². The number of amides is 3. The number of benzene rings is 3. The molecular formula is C40H50N4O7. The normalized spacial score (nSPS) is 18.9. The topological polar surface area (TPSA) is 139 Å². The van der Waals surface area contributed by atoms with Gasteiger partial charge in [-0.2, -0.15) is 0 Å². The van der Waals surface area contributed by atoms with E-state index in [0.29, 0.717) is 12.8 Å². The highest BCUT2D eigenvalue weighted by molar-refractivity contribution is 5.98. The molecule has 5 rings (SSSR count). The predicted molar refractivity (Wildman–Crippen MR) is 193 cm³/mol. The van der Waals surface area contributed by atoms with Crippen LogP contribution in [-0.4, -0.2) is 98.8 Å². The molecule has 0 spiro atoms. The van der Waals surface area contributed by atoms with Crippen molar-refractivity contribution in [3.63, 3.8) is 0 Å². The van der Waals surface area contributed by atoms with E-state index in [4.69, 9.17) is 14.2 Å². The van der Waals surface area contributed by atoms with Crippen LogP contribution in [0, 0.1) is 0 Å². The summed E-state index contributed by atoms with van der Waals surface area (Å²) < 4.78 is 16.2. The van der Waals surface area contributed by atoms with Crippen LogP contribution < -0.4 is 16.0 Å². The molecule has 2 aliphatic rings. The Morgan fingerprint density at radius 1 is 0.765 bits per heavy atom. The third kappa shape index (κ3) is 11.8. The van der Waals surface area contributed by atoms with Crippen LogP contribution in [0.1, 0.15) is 42.0 Å². The van der Waals surface area contributed by atoms with Crippen LogP contribution in [-0.2, 0) is 59.2 Å². The monoisotopic (exact) mass is 698 g/mol. The molecule has 3 amide bonds. The van der Waals surface area contributed by atoms with Crippen molar-refractivity contribution in [3.8, 4) is 0 Å². The van der Waals surface area contributed by atoms with Crippen LogP contribution in [0.4, 0.5) is 0 Å². The maximum atomic E-state index is 13.8. The highest BCUT2D eigenvalue weighted by Crippen LogP contribution is 2.29. The number of methoxy groups -OCH3 is 1. The molecule has 2 saturated heterocycles. The van der Waals surface area contributed by atoms with Gasteiger partial charge >= 0.3 is 0 Å². The second kappa shape index (κ2) is 18.7. The summed E-state index contributed by atoms with van der Waals surface area (Å²) in [6, 6.07) is 24.4. The number of hydrogen-bond acceptors (Lipinski definition) is 8. The summed E-state index contributed by atoms with van der Waals surface area (Å²) in [6.45, 7) is 5.95. The SMILES string of the molecule is COC[C@H](NC(=O)[C@H](CCCc1ccccc1)NC(=O)Cc1ccc(CN2CCOCC2)cc1)C(=O)N[C@@H](Cc1ccccc1)C(=O)[C@@]1(C)CO1. The largest absolute Gasteiger partial charge is 0.382 e. The summed E-state index contributed by atoms with van der Waals surface area (Å²) in [5.74, 6) is -1.59. The average Bonchev–Trinajstić information content (AvgIpc) is 3.90. The van der Waals surface area contributed by atoms with E-state index in [-0.39, 0.29) is 37.7 Å². The standard InChI is InChI=1S/C40H50N4O7/c1-40(28-51-40)37(46)34(24-30-12-7-4-8-13-30)42-39(48)35(27-49-2)43-38(47)33(15-9-14-29-10-5-3-6-11-29)41-36(45)25-31-16-18-32(19-17-31)26-44-20-22-50-23-21-44/h3-8,10-13,16-19,33-35H,9,14-15,20-28H2,1-2H3,(H,41,45)(H,42,48)(H,43,47)/t33-,34-,35-,40+/m0/s1. The molecule has 0 aromatic heterocycles. The minimum absolute atomic E-state index is 0.104. The van der Waals surface area contributed by atoms with Crippen molar-refractivity contribution in [3.05, 3.63) is 107 Å². The van der Waals surface area contributed by atoms with E-state index < -0.39 is 35.5 Å². The molecule has 4 atom stereocenters. The number of hydrogen-bond donors (Lipinski definition) is 3. The van der Waals surface area contributed by atoms with Gasteiger partial charge in [0.25, 0.3) is 0 Å². The molecule has 0 aliphatic carbocycles. The summed E-state index contributed by atoms with van der Waals surface area (Å²) in [6.07, 6.45) is 2.08. The van der Waals surface area contributed by atoms with Gasteiger partial charge in [-0.1, -0.05) is 84.9 Å². The van der Waals surface area contributed by atoms with Crippen molar-refractivity contribution in [1.29, 1.82) is 0 Å². The van der Waals surface area contributed by atoms with Crippen LogP contribution in [0.5, 0.6) is 0 Å². The number of carbonyl (C=O) groups is 4. The van der Waals surface area contributed by atoms with E-state index >= 15 is 0 Å². The van der Waals surface area contributed by atoms with Crippen LogP contribution in [0.15, 0.2) is 84.9 Å². The molecule has 0 bridgehead atoms. The third-order valence-corrected chi connectivity index (χ3v) is 9.33. The molecule has 3 aromatic rings. The molecule has 3 aromatic carbocycles. The Morgan fingerprint density at radius 2 is 1.35 bits per heavy atom. The Kier molecular flexibility index (Phi) is 13.9. The fourth-order valence-electron chi connectivity index (χ4n) is 6.21. The Balaban J connectivity index is 1.23. The Labute approximate surface area is 300 Å². The highest BCUT2D eigenvalue weighted by Gasteiger charge is 2.50. The van der Waals surface area contributed by atoms with E-state index in [0.717, 1.165) is 61.5 Å². The quantitative estimate of drug-likeness (QED) is 0.163. The van der Waals surface area contributed by atoms with Crippen molar-refractivity contribution in [2.75, 3.05) is 46.6 Å². The van der Waals surface area contributed by atoms with Gasteiger partial charge in [-0.05, 0) is 54.9 Å². The summed E-state index contributed by atoms with van der Waals surface area (Å²) in [5, 5.41) is 8.57. The number of aryl methyl sites for hydroxylation is 1. The summed E-state index contributed by atoms with van der Waals surface area (Å²) in [4.78, 5) is 56.5. The number of ether oxygens (including phenoxy) is 3. The van der Waals surface area contributed by atoms with Gasteiger partial charge in [-0.25, -0.2) is 0 Å². The number of Topliss-reactive ketones (excluding diaryl/α,β-unsaturated/α-hetero) is 1. The molecule has 2 fully saturated rings. The molecule has 0 saturated carbocycles. The van der Waals surface area contributed by atoms with Gasteiger partial charge < -0.3 is 30.2 Å². The fraction of sp³-hybridized carbons (Fsp3) is 0.450. The Morgan fingerprint density at radius 3 is 1.98 bits per heavy atom. The van der Waals surface area contributed by atoms with E-state index in [2.05, 4.69) is 20.9 Å². The minimum atomic E-state index is -1.10. The number of nitrogens with zero attached hydrogens (tertiary/aromatic N) is 1. The molecule has 0 radical (unpaired) electrons. The first-order chi connectivity index (χ1) is 24.7. The van der Waals surface area contributed by atoms with Gasteiger partial charge in [0.05, 0.1) is 38.9 Å². The fourth-order valence-corrected chi connectivity index (χ4v) is 6.21. The molecule has 11 nitrogen and oxygen atoms in total. The third-order valence-electron chi connectivity index (χ3n) is 9.33. The Bertz CT molecular complexity index is 1580. The number of epoxide rings is 1. The van der Waals surface area contributed by atoms with E-state index in [1.807, 2.05) is 84.9 Å². The first kappa shape index (κ1) is 37.8. The minimum Gasteiger partial charge on any atom is -0.382 e. The molecule has 51 heavy (non-hydrogen) atoms. The highest BCUT2D eigenvalue weighted by atomic mass is 16.6. The molecule has 272 valence electrons. The van der Waals surface area contributed by atoms with Gasteiger partial charge in [0.1, 0.15) is 17.7 Å². The van der Waals surface area contributed by atoms with Crippen molar-refractivity contribution in [2.45, 2.75) is 69.3 Å². The maximum Gasteiger partial charge on any atom is 0.245 e. The van der Waals surface area contributed by atoms with Gasteiger partial charge in [-0.15, -0.1) is 0 Å². The number of rotatable bonds is 19. The molecule has 11 heteroatoms. The molecule has 2 aliphatic heterocycles. The molecule has 0 unspecified atom stereocenters. The van der Waals surface area contributed by atoms with Gasteiger partial charge in [0.2, 0.25) is 17.7 Å². The number of ketones is 1. The smallest absolute Gasteiger partial charge is 0.245 e. The molecule has 3 N–H and O–H groups in total. The zero-order chi connectivity index (χ0) is 36.1. The lowest BCUT2D eigenvalue weighted by Crippen LogP contribution is -2.58. The second-order valence-corrected chi connectivity index (χ2v) is 13.5. The molecule has 2 heterocycles. The van der Waals surface area contributed by atoms with Crippen LogP contribution in [0.2, 0.25) is 0 Å². The summed E-state index contributed by atoms with van der Waals surface area (Å²) >= 11 is 0. The number of nitrogens with one attached hydrogen (secondary N) is 3. The lowest BCUT2D eigenvalue weighted by atomic mass is 9.94. The number of morpholine rings is 1. The first-order valence-electron chi connectivity index (χ1n) is 17.8. The van der Waals surface area contributed by atoms with E-state index in [1.165, 1.54) is 7.11 Å². The lowest BCUT2D eigenvalue weighted by molar-refractivity contribution is -0.135. The maximum absolute atomic E-state index is 13.8. The van der Waals surface area contributed by atoms with Gasteiger partial charge in [0, 0.05) is 26.7 Å². The second-order valence-electron chi connectivity index (χ2n) is 13.5. The Hall–Kier alpha value is -4.42. The zero-order valence-corrected chi connectivity index (χ0v) is 29.6.